The normalized spacial score (nSPS) is 15.8. The minimum atomic E-state index is -0.426. The summed E-state index contributed by atoms with van der Waals surface area (Å²) in [5.41, 5.74) is 1.08. The van der Waals surface area contributed by atoms with E-state index in [-0.39, 0.29) is 18.6 Å². The summed E-state index contributed by atoms with van der Waals surface area (Å²) in [7, 11) is 0. The third-order valence-electron chi connectivity index (χ3n) is 4.21. The second-order valence-corrected chi connectivity index (χ2v) is 6.13. The molecule has 0 aliphatic carbocycles. The molecule has 0 spiro atoms. The van der Waals surface area contributed by atoms with Crippen molar-refractivity contribution in [2.45, 2.75) is 12.5 Å². The van der Waals surface area contributed by atoms with Gasteiger partial charge in [-0.1, -0.05) is 18.2 Å². The molecule has 0 unspecified atom stereocenters. The number of fused-ring (bicyclic) bond motifs is 2. The molecule has 1 aromatic heterocycles. The molecule has 0 bridgehead atoms. The molecule has 6 heteroatoms. The number of benzene rings is 2. The first-order chi connectivity index (χ1) is 12.7. The van der Waals surface area contributed by atoms with Crippen molar-refractivity contribution in [3.8, 4) is 11.5 Å². The van der Waals surface area contributed by atoms with Crippen molar-refractivity contribution in [1.29, 1.82) is 0 Å². The molecule has 4 rings (SSSR count). The minimum absolute atomic E-state index is 0.0874. The van der Waals surface area contributed by atoms with Gasteiger partial charge in [0.05, 0.1) is 6.04 Å². The summed E-state index contributed by atoms with van der Waals surface area (Å²) in [5, 5.41) is 3.71. The van der Waals surface area contributed by atoms with Crippen LogP contribution in [0.5, 0.6) is 11.5 Å². The molecule has 1 aliphatic rings. The topological polar surface area (TPSA) is 77.8 Å². The maximum absolute atomic E-state index is 12.1. The second-order valence-electron chi connectivity index (χ2n) is 6.13. The van der Waals surface area contributed by atoms with Gasteiger partial charge in [-0.25, -0.2) is 4.79 Å². The number of carbonyl (C=O) groups is 1. The Morgan fingerprint density at radius 1 is 1.15 bits per heavy atom. The Morgan fingerprint density at radius 3 is 2.92 bits per heavy atom. The lowest BCUT2D eigenvalue weighted by Crippen LogP contribution is -2.44. The summed E-state index contributed by atoms with van der Waals surface area (Å²) in [5.74, 6) is 1.10. The fourth-order valence-electron chi connectivity index (χ4n) is 2.97. The molecule has 26 heavy (non-hydrogen) atoms. The zero-order chi connectivity index (χ0) is 17.9. The predicted octanol–water partition coefficient (Wildman–Crippen LogP) is 2.29. The van der Waals surface area contributed by atoms with E-state index < -0.39 is 5.63 Å². The quantitative estimate of drug-likeness (QED) is 0.730. The Kier molecular flexibility index (Phi) is 4.31. The van der Waals surface area contributed by atoms with E-state index in [1.165, 1.54) is 6.07 Å². The molecule has 1 aliphatic heterocycles. The number of ether oxygens (including phenoxy) is 2. The number of nitrogens with one attached hydrogen (secondary N) is 1. The van der Waals surface area contributed by atoms with Crippen LogP contribution in [0.1, 0.15) is 5.56 Å². The van der Waals surface area contributed by atoms with Crippen molar-refractivity contribution in [2.24, 2.45) is 0 Å². The van der Waals surface area contributed by atoms with Crippen LogP contribution in [-0.4, -0.2) is 25.2 Å². The fraction of sp³-hybridized carbons (Fsp3) is 0.200. The Labute approximate surface area is 149 Å². The second kappa shape index (κ2) is 6.92. The van der Waals surface area contributed by atoms with Crippen molar-refractivity contribution in [3.05, 3.63) is 70.6 Å². The highest BCUT2D eigenvalue weighted by Gasteiger charge is 2.21. The Bertz CT molecular complexity index is 1010. The lowest BCUT2D eigenvalue weighted by atomic mass is 10.0. The zero-order valence-corrected chi connectivity index (χ0v) is 13.9. The van der Waals surface area contributed by atoms with Gasteiger partial charge in [0.1, 0.15) is 23.7 Å². The Morgan fingerprint density at radius 2 is 2.00 bits per heavy atom. The molecule has 0 fully saturated rings. The van der Waals surface area contributed by atoms with E-state index in [4.69, 9.17) is 13.9 Å². The average molecular weight is 351 g/mol. The largest absolute Gasteiger partial charge is 0.491 e. The fourth-order valence-corrected chi connectivity index (χ4v) is 2.97. The van der Waals surface area contributed by atoms with Gasteiger partial charge in [-0.2, -0.15) is 0 Å². The molecular weight excluding hydrogens is 334 g/mol. The highest BCUT2D eigenvalue weighted by molar-refractivity contribution is 5.79. The third kappa shape index (κ3) is 3.54. The van der Waals surface area contributed by atoms with E-state index >= 15 is 0 Å². The molecule has 2 aromatic carbocycles. The van der Waals surface area contributed by atoms with Gasteiger partial charge in [-0.3, -0.25) is 4.79 Å². The monoisotopic (exact) mass is 351 g/mol. The molecule has 1 amide bonds. The molecule has 2 heterocycles. The summed E-state index contributed by atoms with van der Waals surface area (Å²) in [6, 6.07) is 15.9. The van der Waals surface area contributed by atoms with Crippen LogP contribution >= 0.6 is 0 Å². The van der Waals surface area contributed by atoms with Crippen LogP contribution in [0.15, 0.2) is 63.8 Å². The van der Waals surface area contributed by atoms with Crippen molar-refractivity contribution < 1.29 is 18.7 Å². The van der Waals surface area contributed by atoms with Crippen LogP contribution in [0, 0.1) is 0 Å². The first-order valence-electron chi connectivity index (χ1n) is 8.34. The van der Waals surface area contributed by atoms with Crippen molar-refractivity contribution >= 4 is 16.9 Å². The van der Waals surface area contributed by atoms with Gasteiger partial charge in [0, 0.05) is 17.5 Å². The molecule has 0 saturated heterocycles. The van der Waals surface area contributed by atoms with Crippen LogP contribution in [0.25, 0.3) is 11.0 Å². The third-order valence-corrected chi connectivity index (χ3v) is 4.21. The van der Waals surface area contributed by atoms with Gasteiger partial charge in [0.15, 0.2) is 6.61 Å². The maximum atomic E-state index is 12.1. The van der Waals surface area contributed by atoms with Gasteiger partial charge in [-0.15, -0.1) is 0 Å². The molecule has 6 nitrogen and oxygen atoms in total. The lowest BCUT2D eigenvalue weighted by Gasteiger charge is -2.26. The predicted molar refractivity (Wildman–Crippen MR) is 95.6 cm³/mol. The Balaban J connectivity index is 1.35. The van der Waals surface area contributed by atoms with Crippen molar-refractivity contribution in [3.63, 3.8) is 0 Å². The van der Waals surface area contributed by atoms with E-state index in [1.807, 2.05) is 24.3 Å². The number of amides is 1. The highest BCUT2D eigenvalue weighted by Crippen LogP contribution is 2.24. The van der Waals surface area contributed by atoms with Crippen LogP contribution in [0.2, 0.25) is 0 Å². The van der Waals surface area contributed by atoms with E-state index in [0.717, 1.165) is 23.1 Å². The first-order valence-corrected chi connectivity index (χ1v) is 8.34. The van der Waals surface area contributed by atoms with Gasteiger partial charge < -0.3 is 19.2 Å². The molecular formula is C20H17NO5. The summed E-state index contributed by atoms with van der Waals surface area (Å²) in [6.45, 7) is 0.310. The minimum Gasteiger partial charge on any atom is -0.491 e. The first kappa shape index (κ1) is 16.2. The van der Waals surface area contributed by atoms with Gasteiger partial charge in [0.2, 0.25) is 0 Å². The molecule has 1 atom stereocenters. The smallest absolute Gasteiger partial charge is 0.336 e. The number of rotatable bonds is 4. The highest BCUT2D eigenvalue weighted by atomic mass is 16.5. The van der Waals surface area contributed by atoms with Gasteiger partial charge in [0.25, 0.3) is 5.91 Å². The Hall–Kier alpha value is -3.28. The number of hydrogen-bond acceptors (Lipinski definition) is 5. The number of hydrogen-bond donors (Lipinski definition) is 1. The van der Waals surface area contributed by atoms with Gasteiger partial charge in [-0.05, 0) is 36.2 Å². The molecule has 0 saturated carbocycles. The standard InChI is InChI=1S/C20H17NO5/c22-19(21-15-9-14-3-1-2-4-17(14)25-11-15)12-24-16-7-5-13-6-8-20(23)26-18(13)10-16/h1-8,10,15H,9,11-12H2,(H,21,22)/t15-/m0/s1. The molecule has 132 valence electrons. The molecule has 3 aromatic rings. The van der Waals surface area contributed by atoms with E-state index in [2.05, 4.69) is 5.32 Å². The maximum Gasteiger partial charge on any atom is 0.336 e. The van der Waals surface area contributed by atoms with Crippen LogP contribution in [0.4, 0.5) is 0 Å². The summed E-state index contributed by atoms with van der Waals surface area (Å²) in [4.78, 5) is 23.4. The summed E-state index contributed by atoms with van der Waals surface area (Å²) >= 11 is 0. The SMILES string of the molecule is O=C(COc1ccc2ccc(=O)oc2c1)N[C@@H]1COc2ccccc2C1. The van der Waals surface area contributed by atoms with Crippen LogP contribution in [0.3, 0.4) is 0 Å². The lowest BCUT2D eigenvalue weighted by molar-refractivity contribution is -0.124. The number of para-hydroxylation sites is 1. The van der Waals surface area contributed by atoms with Crippen LogP contribution < -0.4 is 20.4 Å². The van der Waals surface area contributed by atoms with Gasteiger partial charge >= 0.3 is 5.63 Å². The van der Waals surface area contributed by atoms with E-state index in [1.54, 1.807) is 24.3 Å². The number of carbonyl (C=O) groups excluding carboxylic acids is 1. The van der Waals surface area contributed by atoms with Crippen molar-refractivity contribution in [2.75, 3.05) is 13.2 Å². The zero-order valence-electron chi connectivity index (χ0n) is 13.9. The summed E-state index contributed by atoms with van der Waals surface area (Å²) < 4.78 is 16.3. The van der Waals surface area contributed by atoms with E-state index in [9.17, 15) is 9.59 Å². The molecule has 0 radical (unpaired) electrons. The average Bonchev–Trinajstić information content (AvgIpc) is 2.66. The van der Waals surface area contributed by atoms with Crippen molar-refractivity contribution in [1.82, 2.24) is 5.32 Å². The summed E-state index contributed by atoms with van der Waals surface area (Å²) in [6.07, 6.45) is 0.725. The van der Waals surface area contributed by atoms with E-state index in [0.29, 0.717) is 17.9 Å². The molecule has 1 N–H and O–H groups in total. The van der Waals surface area contributed by atoms with Crippen LogP contribution in [-0.2, 0) is 11.2 Å².